The number of nitrogens with zero attached hydrogens (tertiary/aromatic N) is 3. The number of carbonyl (C=O) groups is 1. The highest BCUT2D eigenvalue weighted by Crippen LogP contribution is 2.41. The zero-order valence-corrected chi connectivity index (χ0v) is 13.7. The topological polar surface area (TPSA) is 97.3 Å². The zero-order valence-electron chi connectivity index (χ0n) is 12.0. The Hall–Kier alpha value is -1.74. The number of hydrogen-bond donors (Lipinski definition) is 2. The number of rotatable bonds is 6. The number of carbonyl (C=O) groups excluding carboxylic acids is 1. The Labute approximate surface area is 130 Å². The highest BCUT2D eigenvalue weighted by Gasteiger charge is 2.21. The third kappa shape index (κ3) is 3.48. The van der Waals surface area contributed by atoms with Gasteiger partial charge < -0.3 is 20.5 Å². The molecule has 114 valence electrons. The number of thioether (sulfide) groups is 1. The van der Waals surface area contributed by atoms with E-state index >= 15 is 0 Å². The van der Waals surface area contributed by atoms with E-state index in [1.165, 1.54) is 34.4 Å². The summed E-state index contributed by atoms with van der Waals surface area (Å²) in [5.74, 6) is 0.557. The predicted molar refractivity (Wildman–Crippen MR) is 85.0 cm³/mol. The van der Waals surface area contributed by atoms with Gasteiger partial charge in [-0.05, 0) is 6.26 Å². The monoisotopic (exact) mass is 327 g/mol. The Morgan fingerprint density at radius 1 is 1.57 bits per heavy atom. The minimum absolute atomic E-state index is 0.0842. The van der Waals surface area contributed by atoms with Gasteiger partial charge in [-0.15, -0.1) is 23.1 Å². The molecule has 2 heterocycles. The number of anilines is 2. The van der Waals surface area contributed by atoms with Crippen LogP contribution in [0.15, 0.2) is 15.8 Å². The first-order valence-corrected chi connectivity index (χ1v) is 8.25. The molecule has 0 spiro atoms. The van der Waals surface area contributed by atoms with Crippen molar-refractivity contribution in [3.8, 4) is 0 Å². The molecule has 0 aliphatic carbocycles. The number of nitrogens with two attached hydrogens (primary N) is 1. The van der Waals surface area contributed by atoms with Crippen molar-refractivity contribution >= 4 is 39.7 Å². The Kier molecular flexibility index (Phi) is 5.07. The van der Waals surface area contributed by atoms with Crippen LogP contribution >= 0.6 is 23.1 Å². The van der Waals surface area contributed by atoms with Crippen LogP contribution in [0.2, 0.25) is 0 Å². The van der Waals surface area contributed by atoms with Gasteiger partial charge in [0.15, 0.2) is 5.82 Å². The number of nitrogens with one attached hydrogen (secondary N) is 1. The van der Waals surface area contributed by atoms with Gasteiger partial charge in [-0.2, -0.15) is 4.98 Å². The van der Waals surface area contributed by atoms with Crippen LogP contribution in [0, 0.1) is 0 Å². The minimum atomic E-state index is -0.0842. The molecular formula is C12H17N5O2S2. The van der Waals surface area contributed by atoms with E-state index in [0.29, 0.717) is 29.4 Å². The number of amides is 1. The number of aromatic nitrogens is 2. The highest BCUT2D eigenvalue weighted by molar-refractivity contribution is 7.99. The summed E-state index contributed by atoms with van der Waals surface area (Å²) in [6.45, 7) is 0.642. The quantitative estimate of drug-likeness (QED) is 0.781. The van der Waals surface area contributed by atoms with Gasteiger partial charge in [-0.1, -0.05) is 5.16 Å². The van der Waals surface area contributed by atoms with E-state index in [1.54, 1.807) is 14.1 Å². The molecule has 0 unspecified atom stereocenters. The van der Waals surface area contributed by atoms with Crippen molar-refractivity contribution in [1.29, 1.82) is 0 Å². The minimum Gasteiger partial charge on any atom is -0.396 e. The van der Waals surface area contributed by atoms with Gasteiger partial charge in [0.05, 0.1) is 10.6 Å². The first kappa shape index (κ1) is 15.6. The average molecular weight is 327 g/mol. The summed E-state index contributed by atoms with van der Waals surface area (Å²) in [6, 6.07) is 0. The second-order valence-corrected chi connectivity index (χ2v) is 6.27. The number of hydrogen-bond acceptors (Lipinski definition) is 8. The fourth-order valence-corrected chi connectivity index (χ4v) is 3.78. The fourth-order valence-electron chi connectivity index (χ4n) is 1.70. The third-order valence-electron chi connectivity index (χ3n) is 2.75. The van der Waals surface area contributed by atoms with Crippen molar-refractivity contribution in [2.45, 2.75) is 11.3 Å². The normalized spacial score (nSPS) is 10.6. The molecule has 0 bridgehead atoms. The van der Waals surface area contributed by atoms with Crippen LogP contribution in [-0.2, 0) is 6.42 Å². The summed E-state index contributed by atoms with van der Waals surface area (Å²) in [7, 11) is 3.42. The molecular weight excluding hydrogens is 310 g/mol. The van der Waals surface area contributed by atoms with Gasteiger partial charge in [-0.3, -0.25) is 4.79 Å². The molecule has 2 aromatic rings. The fraction of sp³-hybridized carbons (Fsp3) is 0.417. The van der Waals surface area contributed by atoms with Crippen LogP contribution in [0.4, 0.5) is 10.7 Å². The van der Waals surface area contributed by atoms with Crippen molar-refractivity contribution in [3.63, 3.8) is 0 Å². The third-order valence-corrected chi connectivity index (χ3v) is 4.86. The lowest BCUT2D eigenvalue weighted by Gasteiger charge is -2.08. The lowest BCUT2D eigenvalue weighted by atomic mass is 10.3. The second-order valence-electron chi connectivity index (χ2n) is 4.43. The van der Waals surface area contributed by atoms with Crippen molar-refractivity contribution < 1.29 is 9.32 Å². The van der Waals surface area contributed by atoms with E-state index in [0.717, 1.165) is 9.90 Å². The van der Waals surface area contributed by atoms with Crippen molar-refractivity contribution in [2.24, 2.45) is 0 Å². The summed E-state index contributed by atoms with van der Waals surface area (Å²) < 4.78 is 4.68. The molecule has 0 aliphatic heterocycles. The van der Waals surface area contributed by atoms with Crippen LogP contribution < -0.4 is 11.1 Å². The zero-order chi connectivity index (χ0) is 15.4. The van der Waals surface area contributed by atoms with Crippen LogP contribution in [-0.4, -0.2) is 47.8 Å². The first-order valence-electron chi connectivity index (χ1n) is 6.21. The Morgan fingerprint density at radius 2 is 2.33 bits per heavy atom. The summed E-state index contributed by atoms with van der Waals surface area (Å²) in [5.41, 5.74) is 6.62. The lowest BCUT2D eigenvalue weighted by molar-refractivity contribution is 0.0833. The molecule has 7 nitrogen and oxygen atoms in total. The largest absolute Gasteiger partial charge is 0.396 e. The molecule has 1 amide bonds. The van der Waals surface area contributed by atoms with Gasteiger partial charge in [0.25, 0.3) is 5.91 Å². The Bertz CT molecular complexity index is 609. The Morgan fingerprint density at radius 3 is 2.90 bits per heavy atom. The van der Waals surface area contributed by atoms with Crippen LogP contribution in [0.25, 0.3) is 0 Å². The van der Waals surface area contributed by atoms with Crippen molar-refractivity contribution in [1.82, 2.24) is 15.0 Å². The molecule has 0 saturated heterocycles. The van der Waals surface area contributed by atoms with Crippen molar-refractivity contribution in [3.05, 3.63) is 17.1 Å². The molecule has 0 saturated carbocycles. The van der Waals surface area contributed by atoms with E-state index in [4.69, 9.17) is 5.73 Å². The maximum atomic E-state index is 12.1. The average Bonchev–Trinajstić information content (AvgIpc) is 3.06. The molecule has 0 aliphatic rings. The van der Waals surface area contributed by atoms with Gasteiger partial charge in [0.2, 0.25) is 6.39 Å². The summed E-state index contributed by atoms with van der Waals surface area (Å²) in [6.07, 6.45) is 3.88. The van der Waals surface area contributed by atoms with E-state index < -0.39 is 0 Å². The van der Waals surface area contributed by atoms with Gasteiger partial charge in [-0.25, -0.2) is 0 Å². The summed E-state index contributed by atoms with van der Waals surface area (Å²) in [5, 5.41) is 7.93. The summed E-state index contributed by atoms with van der Waals surface area (Å²) in [4.78, 5) is 19.0. The van der Waals surface area contributed by atoms with E-state index in [9.17, 15) is 4.79 Å². The number of thiophene rings is 1. The Balaban J connectivity index is 2.11. The first-order chi connectivity index (χ1) is 10.0. The molecule has 9 heteroatoms. The molecule has 2 aromatic heterocycles. The predicted octanol–water partition coefficient (Wildman–Crippen LogP) is 1.79. The smallest absolute Gasteiger partial charge is 0.265 e. The van der Waals surface area contributed by atoms with E-state index in [1.807, 2.05) is 6.26 Å². The summed E-state index contributed by atoms with van der Waals surface area (Å²) >= 11 is 2.89. The molecule has 0 radical (unpaired) electrons. The SMILES string of the molecule is CSc1c(NCCc2ncon2)sc(C(=O)N(C)C)c1N. The number of nitrogen functional groups attached to an aromatic ring is 1. The lowest BCUT2D eigenvalue weighted by Crippen LogP contribution is -2.21. The van der Waals surface area contributed by atoms with Crippen molar-refractivity contribution in [2.75, 3.05) is 37.9 Å². The standard InChI is InChI=1S/C12H17N5O2S2/c1-17(2)12(18)10-8(13)9(20-3)11(21-10)14-5-4-7-15-6-19-16-7/h6,14H,4-5,13H2,1-3H3. The van der Waals surface area contributed by atoms with Crippen LogP contribution in [0.1, 0.15) is 15.5 Å². The second kappa shape index (κ2) is 6.81. The highest BCUT2D eigenvalue weighted by atomic mass is 32.2. The molecule has 0 aromatic carbocycles. The van der Waals surface area contributed by atoms with Crippen LogP contribution in [0.5, 0.6) is 0 Å². The van der Waals surface area contributed by atoms with E-state index in [2.05, 4.69) is 20.0 Å². The van der Waals surface area contributed by atoms with Gasteiger partial charge in [0.1, 0.15) is 9.88 Å². The molecule has 0 fully saturated rings. The van der Waals surface area contributed by atoms with Crippen LogP contribution in [0.3, 0.4) is 0 Å². The molecule has 3 N–H and O–H groups in total. The molecule has 0 atom stereocenters. The maximum Gasteiger partial charge on any atom is 0.265 e. The van der Waals surface area contributed by atoms with Gasteiger partial charge in [0, 0.05) is 27.1 Å². The molecule has 2 rings (SSSR count). The molecule has 21 heavy (non-hydrogen) atoms. The van der Waals surface area contributed by atoms with Gasteiger partial charge >= 0.3 is 0 Å². The maximum absolute atomic E-state index is 12.1. The van der Waals surface area contributed by atoms with E-state index in [-0.39, 0.29) is 5.91 Å².